The molecule has 0 bridgehead atoms. The first-order valence-electron chi connectivity index (χ1n) is 16.4. The minimum absolute atomic E-state index is 0.0396. The van der Waals surface area contributed by atoms with E-state index in [0.717, 1.165) is 29.5 Å². The number of rotatable bonds is 13. The molecule has 294 valence electrons. The summed E-state index contributed by atoms with van der Waals surface area (Å²) in [5, 5.41) is 56.5. The number of hydrogen-bond acceptors (Lipinski definition) is 13. The summed E-state index contributed by atoms with van der Waals surface area (Å²) in [7, 11) is 1.67. The van der Waals surface area contributed by atoms with Crippen LogP contribution in [0.1, 0.15) is 24.8 Å². The van der Waals surface area contributed by atoms with Crippen LogP contribution in [0.4, 0.5) is 0 Å². The number of aromatic hydroxyl groups is 2. The van der Waals surface area contributed by atoms with Gasteiger partial charge in [0.05, 0.1) is 21.5 Å². The molecular weight excluding hydrogens is 899 g/mol. The number of carboxylic acids is 3. The van der Waals surface area contributed by atoms with Crippen molar-refractivity contribution in [3.8, 4) is 11.5 Å². The second-order valence-corrected chi connectivity index (χ2v) is 18.0. The third-order valence-corrected chi connectivity index (χ3v) is 15.2. The number of amides is 2. The van der Waals surface area contributed by atoms with E-state index in [0.29, 0.717) is 42.8 Å². The van der Waals surface area contributed by atoms with Crippen LogP contribution in [0.2, 0.25) is 5.02 Å². The van der Waals surface area contributed by atoms with Crippen molar-refractivity contribution in [2.24, 2.45) is 17.9 Å². The zero-order valence-corrected chi connectivity index (χ0v) is 33.3. The summed E-state index contributed by atoms with van der Waals surface area (Å²) in [5.74, 6) is -6.93. The van der Waals surface area contributed by atoms with Gasteiger partial charge in [-0.1, -0.05) is 11.6 Å². The van der Waals surface area contributed by atoms with E-state index < -0.39 is 91.8 Å². The number of aromatic nitrogens is 1. The number of benzene rings is 1. The Morgan fingerprint density at radius 1 is 1.16 bits per heavy atom. The van der Waals surface area contributed by atoms with Crippen molar-refractivity contribution in [2.75, 3.05) is 25.4 Å². The van der Waals surface area contributed by atoms with Gasteiger partial charge in [-0.25, -0.2) is 0 Å². The maximum absolute atomic E-state index is 13.8. The first-order chi connectivity index (χ1) is 26.0. The summed E-state index contributed by atoms with van der Waals surface area (Å²) >= 11 is 7.59. The van der Waals surface area contributed by atoms with Crippen molar-refractivity contribution in [2.45, 2.75) is 43.3 Å². The number of nitrogens with zero attached hydrogens (tertiary/aromatic N) is 4. The monoisotopic (exact) mass is 932 g/mol. The number of halogens is 2. The molecule has 2 aromatic rings. The zero-order chi connectivity index (χ0) is 39.9. The maximum atomic E-state index is 13.8. The van der Waals surface area contributed by atoms with E-state index in [1.165, 1.54) is 23.2 Å². The van der Waals surface area contributed by atoms with E-state index in [-0.39, 0.29) is 40.7 Å². The second-order valence-electron chi connectivity index (χ2n) is 13.2. The molecule has 2 amide bonds. The summed E-state index contributed by atoms with van der Waals surface area (Å²) in [6.07, 6.45) is 0.406. The number of β-lactam (4-membered cyclic amide) rings is 1. The first-order valence-corrected chi connectivity index (χ1v) is 21.1. The van der Waals surface area contributed by atoms with Crippen molar-refractivity contribution < 1.29 is 80.0 Å². The van der Waals surface area contributed by atoms with Gasteiger partial charge in [0.1, 0.15) is 0 Å². The summed E-state index contributed by atoms with van der Waals surface area (Å²) in [5.41, 5.74) is 5.98. The number of carbonyl (C=O) groups excluding carboxylic acids is 2. The number of carboxylic acid groups (broad SMARTS) is 3. The molecule has 1 aromatic carbocycles. The summed E-state index contributed by atoms with van der Waals surface area (Å²) < 4.78 is 3.99. The van der Waals surface area contributed by atoms with Gasteiger partial charge in [0.25, 0.3) is 0 Å². The molecule has 3 atom stereocenters. The number of phenols is 2. The van der Waals surface area contributed by atoms with E-state index >= 15 is 0 Å². The Morgan fingerprint density at radius 2 is 1.87 bits per heavy atom. The van der Waals surface area contributed by atoms with E-state index in [1.54, 1.807) is 21.9 Å². The van der Waals surface area contributed by atoms with Crippen molar-refractivity contribution in [1.29, 1.82) is 0 Å². The number of carbonyl (C=O) groups is 5. The molecule has 0 aliphatic carbocycles. The average molecular weight is 933 g/mol. The van der Waals surface area contributed by atoms with E-state index in [9.17, 15) is 49.2 Å². The molecule has 22 heteroatoms. The van der Waals surface area contributed by atoms with Gasteiger partial charge < -0.3 is 14.8 Å². The molecular formula is C33H34ClIN6O12S2. The van der Waals surface area contributed by atoms with Crippen molar-refractivity contribution in [1.82, 2.24) is 14.8 Å². The molecule has 55 heavy (non-hydrogen) atoms. The smallest absolute Gasteiger partial charge is 0.504 e. The number of aliphatic carboxylic acids is 3. The number of oxime groups is 1. The van der Waals surface area contributed by atoms with E-state index in [1.807, 2.05) is 0 Å². The molecule has 4 aliphatic rings. The molecule has 0 spiro atoms. The molecule has 4 aliphatic heterocycles. The number of phenolic OH excluding ortho intramolecular Hbond substituents is 2. The standard InChI is InChI=1S/C33H34ClIN6O12S2/c1-39-9-14(27(45)22-17(39)6-18(42)28(46)23(22)34)10-41(4-2-3-5-41)11-15-12-55-31-25(30(48)40(31)26(15)33(51)52)37-29(47)24(16-13-54-20(36)8-35-16)38-53-19(32(49)50)7-21(43)44/h6,8-9,13,19,25,31,42,46H,2-5,7,10-12,36H2,1H3,(H,37,47)(H,43,44)(H,49,50)(H,51,52)/b38-24-/t19-,25+,31+/m0/s1. The number of pyridine rings is 1. The van der Waals surface area contributed by atoms with Crippen LogP contribution in [0.25, 0.3) is 10.9 Å². The van der Waals surface area contributed by atoms with Crippen LogP contribution in [-0.2, 0) is 42.4 Å². The minimum Gasteiger partial charge on any atom is -0.504 e. The Hall–Kier alpha value is -4.45. The molecule has 2 fully saturated rings. The molecule has 5 heterocycles. The van der Waals surface area contributed by atoms with Gasteiger partial charge in [0.2, 0.25) is 0 Å². The molecule has 1 aromatic heterocycles. The van der Waals surface area contributed by atoms with Crippen LogP contribution in [0.15, 0.2) is 51.6 Å². The number of fused-ring (bicyclic) bond motifs is 2. The molecule has 2 saturated heterocycles. The van der Waals surface area contributed by atoms with Gasteiger partial charge in [0, 0.05) is 32.2 Å². The fraction of sp³-hybridized carbons (Fsp3) is 0.364. The topological polar surface area (TPSA) is 271 Å². The van der Waals surface area contributed by atoms with Gasteiger partial charge in [0.15, 0.2) is 16.9 Å². The molecule has 0 saturated carbocycles. The Morgan fingerprint density at radius 3 is 2.49 bits per heavy atom. The molecule has 8 N–H and O–H groups in total. The van der Waals surface area contributed by atoms with E-state index in [4.69, 9.17) is 27.3 Å². The van der Waals surface area contributed by atoms with Gasteiger partial charge in [-0.3, -0.25) is 4.79 Å². The Kier molecular flexibility index (Phi) is 11.7. The third kappa shape index (κ3) is 7.97. The molecule has 18 nitrogen and oxygen atoms in total. The second kappa shape index (κ2) is 16.0. The number of nitrogens with two attached hydrogens (primary N) is 1. The van der Waals surface area contributed by atoms with Crippen LogP contribution in [-0.4, -0.2) is 118 Å². The summed E-state index contributed by atoms with van der Waals surface area (Å²) in [4.78, 5) is 82.7. The zero-order valence-electron chi connectivity index (χ0n) is 28.7. The van der Waals surface area contributed by atoms with Gasteiger partial charge in [-0.05, 0) is 0 Å². The number of nitrogens with one attached hydrogen (secondary N) is 1. The van der Waals surface area contributed by atoms with Crippen molar-refractivity contribution in [3.05, 3.63) is 62.4 Å². The number of aryl methyl sites for hydroxylation is 1. The van der Waals surface area contributed by atoms with Crippen molar-refractivity contribution in [3.63, 3.8) is 0 Å². The predicted octanol–water partition coefficient (Wildman–Crippen LogP) is -1.81. The van der Waals surface area contributed by atoms with Gasteiger partial charge in [-0.2, -0.15) is 0 Å². The number of thioether (sulfide) groups is 2. The van der Waals surface area contributed by atoms with Gasteiger partial charge >= 0.3 is 235 Å². The van der Waals surface area contributed by atoms with Crippen LogP contribution in [0.3, 0.4) is 0 Å². The fourth-order valence-corrected chi connectivity index (χ4v) is 11.8. The number of likely N-dealkylation sites (tertiary alicyclic amines) is 1. The normalized spacial score (nSPS) is 21.5. The van der Waals surface area contributed by atoms with E-state index in [2.05, 4.69) is 10.5 Å². The van der Waals surface area contributed by atoms with Crippen LogP contribution in [0.5, 0.6) is 11.5 Å². The van der Waals surface area contributed by atoms with Crippen LogP contribution < -0.4 is 37.7 Å². The van der Waals surface area contributed by atoms with Crippen LogP contribution in [0, 0.1) is 0 Å². The van der Waals surface area contributed by atoms with Gasteiger partial charge in [-0.15, -0.1) is 0 Å². The SMILES string of the molecule is Cn1cc(C[N+]2(CC3=C(C(=O)O)N4C(=O)[C@@H](NC(=O)/C(=N\O[C@@H](CC(=O)O)C(=O)O)C5=CSC(N)=C[I-]5)[C@H]4SC3)CCCC2)c(=O)c2c(Cl)c(O)c(O)cc21. The molecule has 0 unspecified atom stereocenters. The fourth-order valence-electron chi connectivity index (χ4n) is 6.93. The first kappa shape index (κ1) is 40.2. The third-order valence-electron chi connectivity index (χ3n) is 9.46. The quantitative estimate of drug-likeness (QED) is 0.0291. The Balaban J connectivity index is 1.25. The van der Waals surface area contributed by atoms with Crippen LogP contribution >= 0.6 is 35.1 Å². The number of hydrogen-bond donors (Lipinski definition) is 7. The van der Waals surface area contributed by atoms with Crippen molar-refractivity contribution >= 4 is 81.5 Å². The molecule has 6 rings (SSSR count). The Bertz CT molecular complexity index is 2220. The summed E-state index contributed by atoms with van der Waals surface area (Å²) in [6, 6.07) is 0.0704. The average Bonchev–Trinajstić information content (AvgIpc) is 3.59. The summed E-state index contributed by atoms with van der Waals surface area (Å²) in [6.45, 7) is 1.64. The minimum atomic E-state index is -1.90. The Labute approximate surface area is 335 Å². The predicted molar refractivity (Wildman–Crippen MR) is 195 cm³/mol. The number of quaternary nitrogens is 1. The molecule has 0 radical (unpaired) electrons.